The van der Waals surface area contributed by atoms with Crippen molar-refractivity contribution in [3.8, 4) is 6.07 Å². The molecule has 0 unspecified atom stereocenters. The first-order valence-electron chi connectivity index (χ1n) is 7.02. The first-order valence-corrected chi connectivity index (χ1v) is 7.02. The van der Waals surface area contributed by atoms with Crippen LogP contribution in [0.3, 0.4) is 0 Å². The molecule has 7 nitrogen and oxygen atoms in total. The molecule has 0 saturated carbocycles. The fourth-order valence-corrected chi connectivity index (χ4v) is 2.16. The number of rotatable bonds is 4. The van der Waals surface area contributed by atoms with E-state index in [2.05, 4.69) is 5.32 Å². The molecule has 2 amide bonds. The van der Waals surface area contributed by atoms with Gasteiger partial charge in [0, 0.05) is 39.3 Å². The molecule has 2 heterocycles. The molecule has 0 atom stereocenters. The van der Waals surface area contributed by atoms with E-state index in [9.17, 15) is 9.59 Å². The van der Waals surface area contributed by atoms with Crippen molar-refractivity contribution in [2.75, 3.05) is 26.2 Å². The molecule has 0 radical (unpaired) electrons. The van der Waals surface area contributed by atoms with Crippen LogP contribution in [-0.2, 0) is 16.1 Å². The second kappa shape index (κ2) is 7.31. The number of nitrogens with one attached hydrogen (secondary N) is 1. The third-order valence-electron chi connectivity index (χ3n) is 3.44. The maximum atomic E-state index is 12.0. The summed E-state index contributed by atoms with van der Waals surface area (Å²) in [4.78, 5) is 26.9. The molecule has 0 bridgehead atoms. The number of amides is 2. The summed E-state index contributed by atoms with van der Waals surface area (Å²) in [6.07, 6.45) is 3.08. The molecule has 0 aromatic carbocycles. The highest BCUT2D eigenvalue weighted by Crippen LogP contribution is 2.06. The Hall–Kier alpha value is -2.75. The van der Waals surface area contributed by atoms with Gasteiger partial charge in [0.1, 0.15) is 17.4 Å². The van der Waals surface area contributed by atoms with E-state index in [-0.39, 0.29) is 18.0 Å². The number of hydrogen-bond acceptors (Lipinski definition) is 5. The van der Waals surface area contributed by atoms with E-state index in [0.29, 0.717) is 31.9 Å². The predicted molar refractivity (Wildman–Crippen MR) is 78.1 cm³/mol. The monoisotopic (exact) mass is 302 g/mol. The third-order valence-corrected chi connectivity index (χ3v) is 3.44. The van der Waals surface area contributed by atoms with Crippen LogP contribution in [-0.4, -0.2) is 47.8 Å². The van der Waals surface area contributed by atoms with Gasteiger partial charge in [-0.2, -0.15) is 5.26 Å². The van der Waals surface area contributed by atoms with E-state index in [1.807, 2.05) is 11.0 Å². The van der Waals surface area contributed by atoms with Crippen LogP contribution in [0.25, 0.3) is 0 Å². The Bertz CT molecular complexity index is 593. The lowest BCUT2D eigenvalue weighted by molar-refractivity contribution is -0.130. The number of furan rings is 1. The van der Waals surface area contributed by atoms with E-state index >= 15 is 0 Å². The zero-order chi connectivity index (χ0) is 15.9. The van der Waals surface area contributed by atoms with Crippen LogP contribution >= 0.6 is 0 Å². The molecule has 1 aliphatic heterocycles. The molecular weight excluding hydrogens is 284 g/mol. The van der Waals surface area contributed by atoms with Crippen molar-refractivity contribution in [1.82, 2.24) is 15.1 Å². The Kier molecular flexibility index (Phi) is 5.20. The Balaban J connectivity index is 1.89. The van der Waals surface area contributed by atoms with Gasteiger partial charge >= 0.3 is 0 Å². The molecule has 116 valence electrons. The summed E-state index contributed by atoms with van der Waals surface area (Å²) in [5.74, 6) is 0.230. The Labute approximate surface area is 128 Å². The Morgan fingerprint density at radius 2 is 2.14 bits per heavy atom. The van der Waals surface area contributed by atoms with Crippen LogP contribution in [0.5, 0.6) is 0 Å². The molecule has 1 aliphatic rings. The zero-order valence-corrected chi connectivity index (χ0v) is 12.4. The maximum absolute atomic E-state index is 12.0. The summed E-state index contributed by atoms with van der Waals surface area (Å²) >= 11 is 0. The fraction of sp³-hybridized carbons (Fsp3) is 0.400. The fourth-order valence-electron chi connectivity index (χ4n) is 2.16. The topological polar surface area (TPSA) is 89.6 Å². The van der Waals surface area contributed by atoms with E-state index < -0.39 is 5.91 Å². The van der Waals surface area contributed by atoms with Gasteiger partial charge in [-0.3, -0.25) is 9.59 Å². The number of nitriles is 1. The van der Waals surface area contributed by atoms with Gasteiger partial charge in [0.15, 0.2) is 0 Å². The van der Waals surface area contributed by atoms with Gasteiger partial charge < -0.3 is 19.5 Å². The molecule has 1 aromatic heterocycles. The third kappa shape index (κ3) is 4.12. The average Bonchev–Trinajstić information content (AvgIpc) is 3.04. The SMILES string of the molecule is CC(=O)N1CCN(/C=C(/C#N)C(=O)NCc2ccco2)CC1. The zero-order valence-electron chi connectivity index (χ0n) is 12.4. The number of carbonyl (C=O) groups is 2. The second-order valence-corrected chi connectivity index (χ2v) is 4.96. The number of hydrogen-bond donors (Lipinski definition) is 1. The van der Waals surface area contributed by atoms with Gasteiger partial charge in [-0.25, -0.2) is 0 Å². The van der Waals surface area contributed by atoms with Crippen molar-refractivity contribution in [2.45, 2.75) is 13.5 Å². The largest absolute Gasteiger partial charge is 0.467 e. The standard InChI is InChI=1S/C15H18N4O3/c1-12(20)19-6-4-18(5-7-19)11-13(9-16)15(21)17-10-14-3-2-8-22-14/h2-3,8,11H,4-7,10H2,1H3,(H,17,21)/b13-11-. The quantitative estimate of drug-likeness (QED) is 0.645. The molecule has 1 saturated heterocycles. The van der Waals surface area contributed by atoms with Crippen molar-refractivity contribution < 1.29 is 14.0 Å². The first-order chi connectivity index (χ1) is 10.6. The molecule has 1 fully saturated rings. The first kappa shape index (κ1) is 15.6. The van der Waals surface area contributed by atoms with Gasteiger partial charge in [0.25, 0.3) is 5.91 Å². The summed E-state index contributed by atoms with van der Waals surface area (Å²) in [5, 5.41) is 11.8. The summed E-state index contributed by atoms with van der Waals surface area (Å²) in [5.41, 5.74) is 0.0443. The molecular formula is C15H18N4O3. The van der Waals surface area contributed by atoms with E-state index in [0.717, 1.165) is 0 Å². The smallest absolute Gasteiger partial charge is 0.263 e. The van der Waals surface area contributed by atoms with Gasteiger partial charge in [-0.1, -0.05) is 0 Å². The van der Waals surface area contributed by atoms with Crippen molar-refractivity contribution >= 4 is 11.8 Å². The van der Waals surface area contributed by atoms with Crippen LogP contribution in [0.1, 0.15) is 12.7 Å². The van der Waals surface area contributed by atoms with Crippen molar-refractivity contribution in [3.63, 3.8) is 0 Å². The minimum Gasteiger partial charge on any atom is -0.467 e. The highest BCUT2D eigenvalue weighted by molar-refractivity contribution is 5.97. The van der Waals surface area contributed by atoms with E-state index in [1.54, 1.807) is 23.2 Å². The summed E-state index contributed by atoms with van der Waals surface area (Å²) in [6.45, 7) is 4.18. The predicted octanol–water partition coefficient (Wildman–Crippen LogP) is 0.467. The van der Waals surface area contributed by atoms with Crippen LogP contribution in [0, 0.1) is 11.3 Å². The number of carbonyl (C=O) groups excluding carboxylic acids is 2. The van der Waals surface area contributed by atoms with Gasteiger partial charge in [-0.15, -0.1) is 0 Å². The van der Waals surface area contributed by atoms with Gasteiger partial charge in [-0.05, 0) is 12.1 Å². The van der Waals surface area contributed by atoms with Gasteiger partial charge in [0.05, 0.1) is 12.8 Å². The minimum absolute atomic E-state index is 0.0420. The molecule has 1 aromatic rings. The summed E-state index contributed by atoms with van der Waals surface area (Å²) in [7, 11) is 0. The Morgan fingerprint density at radius 3 is 2.68 bits per heavy atom. The van der Waals surface area contributed by atoms with Crippen LogP contribution < -0.4 is 5.32 Å². The lowest BCUT2D eigenvalue weighted by Crippen LogP contribution is -2.46. The molecule has 7 heteroatoms. The maximum Gasteiger partial charge on any atom is 0.263 e. The van der Waals surface area contributed by atoms with Crippen LogP contribution in [0.4, 0.5) is 0 Å². The lowest BCUT2D eigenvalue weighted by atomic mass is 10.2. The highest BCUT2D eigenvalue weighted by Gasteiger charge is 2.18. The van der Waals surface area contributed by atoms with Crippen LogP contribution in [0.2, 0.25) is 0 Å². The number of piperazine rings is 1. The average molecular weight is 302 g/mol. The highest BCUT2D eigenvalue weighted by atomic mass is 16.3. The molecule has 2 rings (SSSR count). The van der Waals surface area contributed by atoms with Crippen molar-refractivity contribution in [3.05, 3.63) is 35.9 Å². The van der Waals surface area contributed by atoms with Crippen molar-refractivity contribution in [1.29, 1.82) is 5.26 Å². The van der Waals surface area contributed by atoms with E-state index in [1.165, 1.54) is 13.2 Å². The summed E-state index contributed by atoms with van der Waals surface area (Å²) < 4.78 is 5.12. The molecule has 1 N–H and O–H groups in total. The minimum atomic E-state index is -0.437. The van der Waals surface area contributed by atoms with Gasteiger partial charge in [0.2, 0.25) is 5.91 Å². The van der Waals surface area contributed by atoms with Crippen LogP contribution in [0.15, 0.2) is 34.6 Å². The summed E-state index contributed by atoms with van der Waals surface area (Å²) in [6, 6.07) is 5.39. The second-order valence-electron chi connectivity index (χ2n) is 4.96. The van der Waals surface area contributed by atoms with E-state index in [4.69, 9.17) is 9.68 Å². The normalized spacial score (nSPS) is 15.4. The molecule has 22 heavy (non-hydrogen) atoms. The van der Waals surface area contributed by atoms with Crippen molar-refractivity contribution in [2.24, 2.45) is 0 Å². The molecule has 0 spiro atoms. The Morgan fingerprint density at radius 1 is 1.41 bits per heavy atom. The number of nitrogens with zero attached hydrogens (tertiary/aromatic N) is 3. The lowest BCUT2D eigenvalue weighted by Gasteiger charge is -2.33. The molecule has 0 aliphatic carbocycles.